The van der Waals surface area contributed by atoms with Crippen molar-refractivity contribution in [3.63, 3.8) is 0 Å². The van der Waals surface area contributed by atoms with Crippen LogP contribution in [0.25, 0.3) is 0 Å². The molecule has 0 aliphatic carbocycles. The predicted octanol–water partition coefficient (Wildman–Crippen LogP) is 4.81. The summed E-state index contributed by atoms with van der Waals surface area (Å²) in [5.41, 5.74) is 6.88. The molecule has 0 spiro atoms. The zero-order valence-electron chi connectivity index (χ0n) is 21.4. The van der Waals surface area contributed by atoms with Crippen molar-refractivity contribution in [1.82, 2.24) is 9.80 Å². The van der Waals surface area contributed by atoms with Crippen molar-refractivity contribution in [3.8, 4) is 11.5 Å². The maximum atomic E-state index is 8.58. The molecule has 2 aliphatic heterocycles. The van der Waals surface area contributed by atoms with Crippen molar-refractivity contribution >= 4 is 18.0 Å². The van der Waals surface area contributed by atoms with Crippen LogP contribution in [0.5, 0.6) is 11.5 Å². The number of hydrogen-bond acceptors (Lipinski definition) is 5. The first-order valence-corrected chi connectivity index (χ1v) is 13.0. The van der Waals surface area contributed by atoms with E-state index in [1.165, 1.54) is 82.5 Å². The highest BCUT2D eigenvalue weighted by molar-refractivity contribution is 6.30. The van der Waals surface area contributed by atoms with Gasteiger partial charge < -0.3 is 25.0 Å². The van der Waals surface area contributed by atoms with Crippen molar-refractivity contribution < 1.29 is 14.3 Å². The molecule has 1 amide bonds. The van der Waals surface area contributed by atoms with Gasteiger partial charge in [0.15, 0.2) is 11.5 Å². The van der Waals surface area contributed by atoms with Crippen molar-refractivity contribution in [3.05, 3.63) is 58.6 Å². The van der Waals surface area contributed by atoms with Crippen LogP contribution in [-0.2, 0) is 17.6 Å². The Morgan fingerprint density at radius 3 is 1.86 bits per heavy atom. The van der Waals surface area contributed by atoms with Crippen molar-refractivity contribution in [1.29, 1.82) is 0 Å². The van der Waals surface area contributed by atoms with Crippen LogP contribution in [0.15, 0.2) is 42.5 Å². The largest absolute Gasteiger partial charge is 0.493 e. The molecule has 2 fully saturated rings. The van der Waals surface area contributed by atoms with Gasteiger partial charge in [0.2, 0.25) is 6.41 Å². The lowest BCUT2D eigenvalue weighted by atomic mass is 10.1. The normalized spacial score (nSPS) is 15.5. The van der Waals surface area contributed by atoms with E-state index < -0.39 is 0 Å². The fraction of sp³-hybridized carbons (Fsp3) is 0.536. The van der Waals surface area contributed by atoms with Gasteiger partial charge in [0, 0.05) is 11.6 Å². The maximum absolute atomic E-state index is 8.58. The van der Waals surface area contributed by atoms with E-state index >= 15 is 0 Å². The van der Waals surface area contributed by atoms with Gasteiger partial charge in [-0.25, -0.2) is 0 Å². The number of likely N-dealkylation sites (tertiary alicyclic amines) is 2. The summed E-state index contributed by atoms with van der Waals surface area (Å²) < 4.78 is 10.6. The highest BCUT2D eigenvalue weighted by Gasteiger charge is 2.11. The molecule has 2 saturated heterocycles. The first kappa shape index (κ1) is 29.0. The minimum atomic E-state index is 0.250. The Kier molecular flexibility index (Phi) is 14.2. The van der Waals surface area contributed by atoms with Crippen LogP contribution >= 0.6 is 11.6 Å². The van der Waals surface area contributed by atoms with Crippen molar-refractivity contribution in [2.24, 2.45) is 5.73 Å². The van der Waals surface area contributed by atoms with Gasteiger partial charge in [-0.1, -0.05) is 29.8 Å². The Morgan fingerprint density at radius 2 is 1.31 bits per heavy atom. The maximum Gasteiger partial charge on any atom is 0.204 e. The van der Waals surface area contributed by atoms with Crippen LogP contribution in [0, 0.1) is 0 Å². The summed E-state index contributed by atoms with van der Waals surface area (Å²) in [6.07, 6.45) is 9.22. The molecule has 6 nitrogen and oxygen atoms in total. The molecule has 0 saturated carbocycles. The number of rotatable bonds is 9. The lowest BCUT2D eigenvalue weighted by Crippen LogP contribution is -2.21. The quantitative estimate of drug-likeness (QED) is 0.497. The molecule has 0 aromatic heterocycles. The number of hydrogen-bond donors (Lipinski definition) is 1. The third-order valence-electron chi connectivity index (χ3n) is 6.42. The van der Waals surface area contributed by atoms with Gasteiger partial charge in [-0.3, -0.25) is 4.79 Å². The van der Waals surface area contributed by atoms with E-state index in [1.807, 2.05) is 18.2 Å². The Balaban J connectivity index is 0.000000227. The van der Waals surface area contributed by atoms with E-state index in [9.17, 15) is 0 Å². The monoisotopic (exact) mass is 503 g/mol. The first-order valence-electron chi connectivity index (χ1n) is 12.6. The summed E-state index contributed by atoms with van der Waals surface area (Å²) in [7, 11) is 3.36. The van der Waals surface area contributed by atoms with E-state index in [-0.39, 0.29) is 6.41 Å². The van der Waals surface area contributed by atoms with Crippen molar-refractivity contribution in [2.45, 2.75) is 44.9 Å². The minimum Gasteiger partial charge on any atom is -0.493 e. The number of amides is 1. The van der Waals surface area contributed by atoms with E-state index in [0.717, 1.165) is 29.4 Å². The highest BCUT2D eigenvalue weighted by atomic mass is 35.5. The number of ether oxygens (including phenoxy) is 2. The molecule has 0 radical (unpaired) electrons. The molecule has 2 aromatic rings. The summed E-state index contributed by atoms with van der Waals surface area (Å²) in [6.45, 7) is 7.55. The molecule has 2 aliphatic rings. The molecule has 2 aromatic carbocycles. The molecule has 0 atom stereocenters. The Bertz CT molecular complexity index is 836. The molecular weight excluding hydrogens is 462 g/mol. The number of nitrogens with zero attached hydrogens (tertiary/aromatic N) is 2. The number of nitrogens with two attached hydrogens (primary N) is 1. The number of carbonyl (C=O) groups excluding carboxylic acids is 1. The van der Waals surface area contributed by atoms with E-state index in [2.05, 4.69) is 39.8 Å². The number of benzene rings is 2. The van der Waals surface area contributed by atoms with Crippen LogP contribution in [0.4, 0.5) is 0 Å². The molecule has 35 heavy (non-hydrogen) atoms. The van der Waals surface area contributed by atoms with Crippen molar-refractivity contribution in [2.75, 3.05) is 53.5 Å². The molecule has 0 bridgehead atoms. The zero-order chi connectivity index (χ0) is 25.3. The Hall–Kier alpha value is -2.28. The second-order valence-corrected chi connectivity index (χ2v) is 9.34. The number of aryl methyl sites for hydroxylation is 1. The molecule has 0 unspecified atom stereocenters. The number of primary amides is 1. The minimum absolute atomic E-state index is 0.250. The van der Waals surface area contributed by atoms with E-state index in [1.54, 1.807) is 14.2 Å². The van der Waals surface area contributed by atoms with Gasteiger partial charge in [0.1, 0.15) is 0 Å². The zero-order valence-corrected chi connectivity index (χ0v) is 22.1. The highest BCUT2D eigenvalue weighted by Crippen LogP contribution is 2.28. The molecule has 4 rings (SSSR count). The van der Waals surface area contributed by atoms with Crippen LogP contribution in [-0.4, -0.2) is 69.7 Å². The topological polar surface area (TPSA) is 68.0 Å². The number of methoxy groups -OCH3 is 2. The van der Waals surface area contributed by atoms with E-state index in [4.69, 9.17) is 25.9 Å². The van der Waals surface area contributed by atoms with Crippen LogP contribution < -0.4 is 15.2 Å². The van der Waals surface area contributed by atoms with Gasteiger partial charge in [-0.05, 0) is 113 Å². The smallest absolute Gasteiger partial charge is 0.204 e. The predicted molar refractivity (Wildman–Crippen MR) is 145 cm³/mol. The fourth-order valence-corrected chi connectivity index (χ4v) is 4.62. The second-order valence-electron chi connectivity index (χ2n) is 8.90. The average molecular weight is 504 g/mol. The Morgan fingerprint density at radius 1 is 0.800 bits per heavy atom. The van der Waals surface area contributed by atoms with Gasteiger partial charge in [0.25, 0.3) is 0 Å². The van der Waals surface area contributed by atoms with Gasteiger partial charge >= 0.3 is 0 Å². The van der Waals surface area contributed by atoms with Gasteiger partial charge in [-0.2, -0.15) is 0 Å². The van der Waals surface area contributed by atoms with Gasteiger partial charge in [-0.15, -0.1) is 0 Å². The summed E-state index contributed by atoms with van der Waals surface area (Å²) in [5, 5.41) is 0.829. The second kappa shape index (κ2) is 17.2. The standard InChI is InChI=1S/C15H23NO2.C12H16ClN.CH3NO/c1-17-14-8-7-13(12-15(14)18-2)6-5-11-16-9-3-4-10-16;13-12-5-3-11(4-6-12)7-10-14-8-1-2-9-14;2-1-3/h7-8,12H,3-6,9-11H2,1-2H3;3-6H,1-2,7-10H2;1H,(H2,2,3). The molecule has 194 valence electrons. The average Bonchev–Trinajstić information content (AvgIpc) is 3.59. The summed E-state index contributed by atoms with van der Waals surface area (Å²) >= 11 is 5.83. The van der Waals surface area contributed by atoms with Crippen LogP contribution in [0.1, 0.15) is 43.2 Å². The first-order chi connectivity index (χ1) is 17.1. The van der Waals surface area contributed by atoms with E-state index in [0.29, 0.717) is 0 Å². The Labute approximate surface area is 216 Å². The fourth-order valence-electron chi connectivity index (χ4n) is 4.49. The number of halogens is 1. The third-order valence-corrected chi connectivity index (χ3v) is 6.67. The lowest BCUT2D eigenvalue weighted by Gasteiger charge is -2.14. The summed E-state index contributed by atoms with van der Waals surface area (Å²) in [6, 6.07) is 14.4. The molecule has 2 heterocycles. The molecular formula is C28H42ClN3O3. The SMILES string of the molecule is COc1ccc(CCCN2CCCC2)cc1OC.Clc1ccc(CCN2CCCC2)cc1.NC=O. The van der Waals surface area contributed by atoms with Crippen LogP contribution in [0.3, 0.4) is 0 Å². The third kappa shape index (κ3) is 11.3. The molecule has 7 heteroatoms. The lowest BCUT2D eigenvalue weighted by molar-refractivity contribution is -0.106. The van der Waals surface area contributed by atoms with Gasteiger partial charge in [0.05, 0.1) is 14.2 Å². The number of carbonyl (C=O) groups is 1. The molecule has 2 N–H and O–H groups in total. The summed E-state index contributed by atoms with van der Waals surface area (Å²) in [4.78, 5) is 13.7. The van der Waals surface area contributed by atoms with Crippen LogP contribution in [0.2, 0.25) is 5.02 Å². The summed E-state index contributed by atoms with van der Waals surface area (Å²) in [5.74, 6) is 1.64.